The highest BCUT2D eigenvalue weighted by Crippen LogP contribution is 2.27. The molecule has 0 aromatic heterocycles. The van der Waals surface area contributed by atoms with Crippen molar-refractivity contribution in [3.05, 3.63) is 22.4 Å². The van der Waals surface area contributed by atoms with Gasteiger partial charge < -0.3 is 5.73 Å². The molecule has 0 aliphatic carbocycles. The van der Waals surface area contributed by atoms with Gasteiger partial charge in [0, 0.05) is 15.1 Å². The zero-order valence-corrected chi connectivity index (χ0v) is 7.42. The summed E-state index contributed by atoms with van der Waals surface area (Å²) < 4.78 is 13.0. The van der Waals surface area contributed by atoms with Crippen LogP contribution in [0.3, 0.4) is 0 Å². The van der Waals surface area contributed by atoms with Crippen molar-refractivity contribution in [2.75, 3.05) is 5.73 Å². The van der Waals surface area contributed by atoms with E-state index in [0.717, 1.165) is 0 Å². The normalized spacial score (nSPS) is 9.90. The first-order valence-corrected chi connectivity index (χ1v) is 3.79. The first-order valence-electron chi connectivity index (χ1n) is 2.54. The molecule has 0 unspecified atom stereocenters. The Labute approximate surface area is 72.0 Å². The van der Waals surface area contributed by atoms with Gasteiger partial charge in [0.2, 0.25) is 0 Å². The van der Waals surface area contributed by atoms with E-state index >= 15 is 0 Å². The largest absolute Gasteiger partial charge is 0.398 e. The molecule has 1 rings (SSSR count). The van der Waals surface area contributed by atoms with Crippen LogP contribution in [0.25, 0.3) is 0 Å². The standard InChI is InChI=1S/C6H5BrFNS/c7-4-1-3(8)2-5(9)6(4)10/h1-2,10H,9H2. The highest BCUT2D eigenvalue weighted by molar-refractivity contribution is 9.10. The molecule has 10 heavy (non-hydrogen) atoms. The quantitative estimate of drug-likeness (QED) is 0.511. The summed E-state index contributed by atoms with van der Waals surface area (Å²) in [5, 5.41) is 0. The van der Waals surface area contributed by atoms with Gasteiger partial charge in [-0.3, -0.25) is 0 Å². The summed E-state index contributed by atoms with van der Waals surface area (Å²) in [6.07, 6.45) is 0. The topological polar surface area (TPSA) is 26.0 Å². The van der Waals surface area contributed by atoms with Crippen molar-refractivity contribution in [3.63, 3.8) is 0 Å². The molecule has 1 nitrogen and oxygen atoms in total. The van der Waals surface area contributed by atoms with Crippen LogP contribution in [0.1, 0.15) is 0 Å². The number of halogens is 2. The van der Waals surface area contributed by atoms with Crippen LogP contribution in [-0.2, 0) is 0 Å². The number of hydrogen-bond acceptors (Lipinski definition) is 2. The molecule has 0 aliphatic rings. The maximum atomic E-state index is 12.5. The first-order chi connectivity index (χ1) is 4.61. The third-order valence-corrected chi connectivity index (χ3v) is 2.49. The van der Waals surface area contributed by atoms with Gasteiger partial charge in [-0.1, -0.05) is 0 Å². The second-order valence-electron chi connectivity index (χ2n) is 1.83. The van der Waals surface area contributed by atoms with Crippen LogP contribution in [0.5, 0.6) is 0 Å². The molecule has 0 radical (unpaired) electrons. The molecule has 0 aliphatic heterocycles. The summed E-state index contributed by atoms with van der Waals surface area (Å²) in [6, 6.07) is 2.55. The van der Waals surface area contributed by atoms with Crippen LogP contribution in [0, 0.1) is 5.82 Å². The van der Waals surface area contributed by atoms with E-state index in [1.54, 1.807) is 0 Å². The average molecular weight is 222 g/mol. The van der Waals surface area contributed by atoms with E-state index in [4.69, 9.17) is 5.73 Å². The lowest BCUT2D eigenvalue weighted by molar-refractivity contribution is 0.626. The van der Waals surface area contributed by atoms with Crippen LogP contribution in [-0.4, -0.2) is 0 Å². The van der Waals surface area contributed by atoms with Crippen LogP contribution in [0.2, 0.25) is 0 Å². The molecule has 2 N–H and O–H groups in total. The molecule has 0 bridgehead atoms. The summed E-state index contributed by atoms with van der Waals surface area (Å²) in [5.74, 6) is -0.359. The van der Waals surface area contributed by atoms with Crippen molar-refractivity contribution in [3.8, 4) is 0 Å². The SMILES string of the molecule is Nc1cc(F)cc(Br)c1S. The van der Waals surface area contributed by atoms with Crippen molar-refractivity contribution < 1.29 is 4.39 Å². The highest BCUT2D eigenvalue weighted by atomic mass is 79.9. The van der Waals surface area contributed by atoms with Gasteiger partial charge in [-0.15, -0.1) is 12.6 Å². The minimum atomic E-state index is -0.359. The number of nitrogen functional groups attached to an aromatic ring is 1. The van der Waals surface area contributed by atoms with Gasteiger partial charge in [0.25, 0.3) is 0 Å². The average Bonchev–Trinajstić information content (AvgIpc) is 1.82. The van der Waals surface area contributed by atoms with Gasteiger partial charge in [0.1, 0.15) is 5.82 Å². The Balaban J connectivity index is 3.31. The molecule has 54 valence electrons. The molecule has 1 aromatic carbocycles. The molecule has 0 fully saturated rings. The fourth-order valence-electron chi connectivity index (χ4n) is 0.586. The maximum absolute atomic E-state index is 12.5. The smallest absolute Gasteiger partial charge is 0.126 e. The summed E-state index contributed by atoms with van der Waals surface area (Å²) in [4.78, 5) is 0.571. The number of benzene rings is 1. The van der Waals surface area contributed by atoms with Gasteiger partial charge in [-0.2, -0.15) is 0 Å². The lowest BCUT2D eigenvalue weighted by Crippen LogP contribution is -1.88. The molecule has 0 saturated carbocycles. The zero-order chi connectivity index (χ0) is 7.72. The highest BCUT2D eigenvalue weighted by Gasteiger charge is 2.01. The molecule has 0 amide bonds. The number of thiol groups is 1. The fourth-order valence-corrected chi connectivity index (χ4v) is 1.16. The van der Waals surface area contributed by atoms with E-state index in [0.29, 0.717) is 15.1 Å². The molecule has 0 atom stereocenters. The van der Waals surface area contributed by atoms with Crippen molar-refractivity contribution in [1.82, 2.24) is 0 Å². The van der Waals surface area contributed by atoms with E-state index in [9.17, 15) is 4.39 Å². The number of rotatable bonds is 0. The van der Waals surface area contributed by atoms with Gasteiger partial charge in [-0.05, 0) is 28.1 Å². The van der Waals surface area contributed by atoms with Crippen LogP contribution in [0.4, 0.5) is 10.1 Å². The lowest BCUT2D eigenvalue weighted by Gasteiger charge is -2.00. The predicted octanol–water partition coefficient (Wildman–Crippen LogP) is 2.46. The van der Waals surface area contributed by atoms with Gasteiger partial charge in [0.15, 0.2) is 0 Å². The van der Waals surface area contributed by atoms with E-state index in [-0.39, 0.29) is 5.82 Å². The molecular weight excluding hydrogens is 217 g/mol. The predicted molar refractivity (Wildman–Crippen MR) is 45.8 cm³/mol. The number of anilines is 1. The number of nitrogens with two attached hydrogens (primary N) is 1. The zero-order valence-electron chi connectivity index (χ0n) is 4.94. The Hall–Kier alpha value is -0.220. The van der Waals surface area contributed by atoms with Crippen molar-refractivity contribution in [2.45, 2.75) is 4.90 Å². The second kappa shape index (κ2) is 2.80. The van der Waals surface area contributed by atoms with Crippen LogP contribution >= 0.6 is 28.6 Å². The second-order valence-corrected chi connectivity index (χ2v) is 3.13. The number of hydrogen-bond donors (Lipinski definition) is 2. The minimum Gasteiger partial charge on any atom is -0.398 e. The first kappa shape index (κ1) is 7.88. The van der Waals surface area contributed by atoms with Crippen molar-refractivity contribution >= 4 is 34.2 Å². The third-order valence-electron chi connectivity index (χ3n) is 1.06. The van der Waals surface area contributed by atoms with E-state index in [1.807, 2.05) is 0 Å². The lowest BCUT2D eigenvalue weighted by atomic mass is 10.3. The fraction of sp³-hybridized carbons (Fsp3) is 0. The Bertz CT molecular complexity index is 241. The Kier molecular flexibility index (Phi) is 2.21. The Morgan fingerprint density at radius 1 is 1.50 bits per heavy atom. The molecule has 0 heterocycles. The summed E-state index contributed by atoms with van der Waals surface area (Å²) in [5.41, 5.74) is 5.72. The molecule has 4 heteroatoms. The Morgan fingerprint density at radius 2 is 2.10 bits per heavy atom. The maximum Gasteiger partial charge on any atom is 0.126 e. The van der Waals surface area contributed by atoms with E-state index in [2.05, 4.69) is 28.6 Å². The van der Waals surface area contributed by atoms with Crippen molar-refractivity contribution in [1.29, 1.82) is 0 Å². The summed E-state index contributed by atoms with van der Waals surface area (Å²) in [6.45, 7) is 0. The van der Waals surface area contributed by atoms with Crippen LogP contribution in [0.15, 0.2) is 21.5 Å². The van der Waals surface area contributed by atoms with Crippen molar-refractivity contribution in [2.24, 2.45) is 0 Å². The van der Waals surface area contributed by atoms with E-state index < -0.39 is 0 Å². The minimum absolute atomic E-state index is 0.343. The van der Waals surface area contributed by atoms with Gasteiger partial charge in [-0.25, -0.2) is 4.39 Å². The summed E-state index contributed by atoms with van der Waals surface area (Å²) >= 11 is 7.12. The van der Waals surface area contributed by atoms with Gasteiger partial charge in [0.05, 0.1) is 0 Å². The molecular formula is C6H5BrFNS. The van der Waals surface area contributed by atoms with Crippen LogP contribution < -0.4 is 5.73 Å². The molecule has 1 aromatic rings. The van der Waals surface area contributed by atoms with E-state index in [1.165, 1.54) is 12.1 Å². The Morgan fingerprint density at radius 3 is 2.60 bits per heavy atom. The third kappa shape index (κ3) is 1.44. The molecule has 0 saturated heterocycles. The summed E-state index contributed by atoms with van der Waals surface area (Å²) in [7, 11) is 0. The monoisotopic (exact) mass is 221 g/mol. The van der Waals surface area contributed by atoms with Gasteiger partial charge >= 0.3 is 0 Å². The molecule has 0 spiro atoms.